The second kappa shape index (κ2) is 5.50. The molecule has 18 heavy (non-hydrogen) atoms. The Morgan fingerprint density at radius 3 is 2.44 bits per heavy atom. The molecule has 98 valence electrons. The maximum absolute atomic E-state index is 11.1. The molecule has 1 aromatic rings. The lowest BCUT2D eigenvalue weighted by Gasteiger charge is -1.91. The van der Waals surface area contributed by atoms with E-state index in [9.17, 15) is 18.0 Å². The second-order valence-corrected chi connectivity index (χ2v) is 4.83. The molecule has 2 rings (SSSR count). The van der Waals surface area contributed by atoms with Crippen molar-refractivity contribution in [3.63, 3.8) is 0 Å². The number of benzene rings is 1. The molecule has 0 radical (unpaired) electrons. The normalized spacial score (nSPS) is 14.8. The van der Waals surface area contributed by atoms with Crippen LogP contribution in [0, 0.1) is 0 Å². The summed E-state index contributed by atoms with van der Waals surface area (Å²) >= 11 is 0. The van der Waals surface area contributed by atoms with Gasteiger partial charge in [-0.2, -0.15) is 0 Å². The number of primary amides is 1. The highest BCUT2D eigenvalue weighted by atomic mass is 32.2. The van der Waals surface area contributed by atoms with Gasteiger partial charge < -0.3 is 10.5 Å². The zero-order chi connectivity index (χ0) is 13.8. The Kier molecular flexibility index (Phi) is 4.27. The molecule has 0 atom stereocenters. The lowest BCUT2D eigenvalue weighted by molar-refractivity contribution is 0.0985. The molecule has 0 saturated heterocycles. The molecule has 0 unspecified atom stereocenters. The van der Waals surface area contributed by atoms with Crippen LogP contribution in [0.2, 0.25) is 0 Å². The first kappa shape index (κ1) is 14.0. The third-order valence-corrected chi connectivity index (χ3v) is 3.32. The summed E-state index contributed by atoms with van der Waals surface area (Å²) in [6.45, 7) is 2.06. The van der Waals surface area contributed by atoms with Gasteiger partial charge in [-0.05, 0) is 19.1 Å². The maximum atomic E-state index is 11.1. The van der Waals surface area contributed by atoms with Crippen molar-refractivity contribution in [1.82, 2.24) is 4.72 Å². The van der Waals surface area contributed by atoms with Gasteiger partial charge in [0.15, 0.2) is 0 Å². The summed E-state index contributed by atoms with van der Waals surface area (Å²) in [5.74, 6) is -0.550. The number of sulfonamides is 1. The summed E-state index contributed by atoms with van der Waals surface area (Å²) in [5.41, 5.74) is 4.76. The third kappa shape index (κ3) is 3.20. The van der Waals surface area contributed by atoms with E-state index < -0.39 is 22.0 Å². The number of ether oxygens (including phenoxy) is 1. The van der Waals surface area contributed by atoms with E-state index in [1.165, 1.54) is 12.1 Å². The molecule has 2 amide bonds. The number of carbonyl (C=O) groups is 2. The van der Waals surface area contributed by atoms with E-state index in [4.69, 9.17) is 0 Å². The quantitative estimate of drug-likeness (QED) is 0.758. The minimum Gasteiger partial charge on any atom is -0.450 e. The van der Waals surface area contributed by atoms with Gasteiger partial charge in [-0.1, -0.05) is 12.1 Å². The second-order valence-electron chi connectivity index (χ2n) is 3.18. The average molecular weight is 272 g/mol. The number of carbonyl (C=O) groups excluding carboxylic acids is 2. The first-order chi connectivity index (χ1) is 8.38. The van der Waals surface area contributed by atoms with Gasteiger partial charge in [0.2, 0.25) is 0 Å². The summed E-state index contributed by atoms with van der Waals surface area (Å²) in [7, 11) is -3.55. The first-order valence-corrected chi connectivity index (χ1v) is 6.45. The molecule has 0 saturated carbocycles. The largest absolute Gasteiger partial charge is 0.450 e. The van der Waals surface area contributed by atoms with Gasteiger partial charge in [0.1, 0.15) is 4.90 Å². The number of amides is 2. The number of hydrogen-bond acceptors (Lipinski definition) is 5. The van der Waals surface area contributed by atoms with Crippen LogP contribution >= 0.6 is 0 Å². The van der Waals surface area contributed by atoms with Gasteiger partial charge in [-0.3, -0.25) is 4.79 Å². The van der Waals surface area contributed by atoms with E-state index in [-0.39, 0.29) is 10.5 Å². The SMILES string of the molecule is CCOC(N)=O.O=C1NS(=O)(=O)c2ccccc21. The molecule has 0 fully saturated rings. The summed E-state index contributed by atoms with van der Waals surface area (Å²) in [5, 5.41) is 0. The predicted molar refractivity (Wildman–Crippen MR) is 62.3 cm³/mol. The standard InChI is InChI=1S/C7H5NO3S.C3H7NO2/c9-7-5-3-1-2-4-6(5)12(10,11)8-7;1-2-6-3(4)5/h1-4H,(H,8,9);2H2,1H3,(H2,4,5). The van der Waals surface area contributed by atoms with E-state index in [1.807, 2.05) is 4.72 Å². The van der Waals surface area contributed by atoms with E-state index in [0.717, 1.165) is 0 Å². The Morgan fingerprint density at radius 2 is 2.00 bits per heavy atom. The molecule has 0 aromatic heterocycles. The highest BCUT2D eigenvalue weighted by molar-refractivity contribution is 7.90. The van der Waals surface area contributed by atoms with Crippen LogP contribution in [0.1, 0.15) is 17.3 Å². The van der Waals surface area contributed by atoms with Crippen LogP contribution in [-0.4, -0.2) is 27.0 Å². The van der Waals surface area contributed by atoms with Crippen LogP contribution in [0.3, 0.4) is 0 Å². The van der Waals surface area contributed by atoms with Crippen molar-refractivity contribution >= 4 is 22.0 Å². The molecule has 1 heterocycles. The zero-order valence-electron chi connectivity index (χ0n) is 9.54. The van der Waals surface area contributed by atoms with Crippen molar-refractivity contribution in [2.45, 2.75) is 11.8 Å². The predicted octanol–water partition coefficient (Wildman–Crippen LogP) is 0.220. The number of hydrogen-bond donors (Lipinski definition) is 2. The van der Waals surface area contributed by atoms with E-state index in [2.05, 4.69) is 10.5 Å². The van der Waals surface area contributed by atoms with Gasteiger partial charge in [-0.15, -0.1) is 0 Å². The monoisotopic (exact) mass is 272 g/mol. The van der Waals surface area contributed by atoms with Gasteiger partial charge in [-0.25, -0.2) is 17.9 Å². The van der Waals surface area contributed by atoms with Crippen LogP contribution in [-0.2, 0) is 14.8 Å². The molecule has 0 bridgehead atoms. The topological polar surface area (TPSA) is 116 Å². The van der Waals surface area contributed by atoms with E-state index in [0.29, 0.717) is 6.61 Å². The smallest absolute Gasteiger partial charge is 0.404 e. The van der Waals surface area contributed by atoms with Crippen LogP contribution in [0.5, 0.6) is 0 Å². The average Bonchev–Trinajstić information content (AvgIpc) is 2.51. The number of nitrogens with two attached hydrogens (primary N) is 1. The Hall–Kier alpha value is -2.09. The molecular formula is C10H12N2O5S. The van der Waals surface area contributed by atoms with Gasteiger partial charge in [0, 0.05) is 0 Å². The third-order valence-electron chi connectivity index (χ3n) is 1.93. The molecule has 1 aromatic carbocycles. The maximum Gasteiger partial charge on any atom is 0.404 e. The Bertz CT molecular complexity index is 567. The fourth-order valence-electron chi connectivity index (χ4n) is 1.26. The molecule has 1 aliphatic heterocycles. The van der Waals surface area contributed by atoms with Crippen molar-refractivity contribution in [1.29, 1.82) is 0 Å². The summed E-state index contributed by atoms with van der Waals surface area (Å²) in [4.78, 5) is 20.7. The lowest BCUT2D eigenvalue weighted by atomic mass is 10.2. The lowest BCUT2D eigenvalue weighted by Crippen LogP contribution is -2.20. The number of rotatable bonds is 1. The van der Waals surface area contributed by atoms with Gasteiger partial charge in [0.25, 0.3) is 15.9 Å². The van der Waals surface area contributed by atoms with Gasteiger partial charge >= 0.3 is 6.09 Å². The highest BCUT2D eigenvalue weighted by Crippen LogP contribution is 2.20. The molecule has 0 aliphatic carbocycles. The molecule has 0 spiro atoms. The minimum absolute atomic E-state index is 0.0648. The van der Waals surface area contributed by atoms with Crippen LogP contribution in [0.25, 0.3) is 0 Å². The Morgan fingerprint density at radius 1 is 1.39 bits per heavy atom. The summed E-state index contributed by atoms with van der Waals surface area (Å²) in [6, 6.07) is 6.09. The molecule has 8 heteroatoms. The zero-order valence-corrected chi connectivity index (χ0v) is 10.4. The first-order valence-electron chi connectivity index (χ1n) is 4.97. The molecule has 7 nitrogen and oxygen atoms in total. The highest BCUT2D eigenvalue weighted by Gasteiger charge is 2.31. The molecular weight excluding hydrogens is 260 g/mol. The Balaban J connectivity index is 0.000000232. The van der Waals surface area contributed by atoms with Crippen LogP contribution in [0.15, 0.2) is 29.2 Å². The van der Waals surface area contributed by atoms with Crippen molar-refractivity contribution in [2.24, 2.45) is 5.73 Å². The van der Waals surface area contributed by atoms with Crippen molar-refractivity contribution < 1.29 is 22.7 Å². The van der Waals surface area contributed by atoms with Crippen molar-refractivity contribution in [2.75, 3.05) is 6.61 Å². The fraction of sp³-hybridized carbons (Fsp3) is 0.200. The Labute approximate surface area is 104 Å². The summed E-state index contributed by atoms with van der Waals surface area (Å²) in [6.07, 6.45) is -0.711. The van der Waals surface area contributed by atoms with E-state index >= 15 is 0 Å². The molecule has 1 aliphatic rings. The van der Waals surface area contributed by atoms with Crippen molar-refractivity contribution in [3.05, 3.63) is 29.8 Å². The fourth-order valence-corrected chi connectivity index (χ4v) is 2.43. The van der Waals surface area contributed by atoms with Crippen molar-refractivity contribution in [3.8, 4) is 0 Å². The van der Waals surface area contributed by atoms with Crippen LogP contribution < -0.4 is 10.5 Å². The van der Waals surface area contributed by atoms with Gasteiger partial charge in [0.05, 0.1) is 12.2 Å². The van der Waals surface area contributed by atoms with Crippen LogP contribution in [0.4, 0.5) is 4.79 Å². The number of fused-ring (bicyclic) bond motifs is 1. The number of nitrogens with one attached hydrogen (secondary N) is 1. The molecule has 3 N–H and O–H groups in total. The summed E-state index contributed by atoms with van der Waals surface area (Å²) < 4.78 is 28.3. The van der Waals surface area contributed by atoms with E-state index in [1.54, 1.807) is 19.1 Å². The minimum atomic E-state index is -3.55.